The first-order valence-corrected chi connectivity index (χ1v) is 5.70. The summed E-state index contributed by atoms with van der Waals surface area (Å²) in [7, 11) is 0. The maximum atomic E-state index is 11.8. The molecule has 0 aliphatic carbocycles. The lowest BCUT2D eigenvalue weighted by Crippen LogP contribution is -2.24. The fourth-order valence-electron chi connectivity index (χ4n) is 1.35. The van der Waals surface area contributed by atoms with Crippen molar-refractivity contribution < 1.29 is 9.32 Å². The smallest absolute Gasteiger partial charge is 0.257 e. The van der Waals surface area contributed by atoms with Gasteiger partial charge < -0.3 is 9.84 Å². The highest BCUT2D eigenvalue weighted by Gasteiger charge is 2.11. The SMILES string of the molecule is C=C(Br)CNC(=O)c1cnc2onc(C)c2c1. The van der Waals surface area contributed by atoms with E-state index in [2.05, 4.69) is 38.0 Å². The zero-order valence-corrected chi connectivity index (χ0v) is 10.7. The van der Waals surface area contributed by atoms with Gasteiger partial charge in [-0.3, -0.25) is 4.79 Å². The van der Waals surface area contributed by atoms with Gasteiger partial charge in [0.05, 0.1) is 16.6 Å². The number of hydrogen-bond donors (Lipinski definition) is 1. The molecule has 2 aromatic heterocycles. The van der Waals surface area contributed by atoms with Crippen LogP contribution in [0.25, 0.3) is 11.1 Å². The predicted octanol–water partition coefficient (Wildman–Crippen LogP) is 2.17. The molecule has 5 nitrogen and oxygen atoms in total. The molecule has 1 amide bonds. The molecule has 17 heavy (non-hydrogen) atoms. The third-order valence-electron chi connectivity index (χ3n) is 2.21. The molecule has 2 heterocycles. The number of aryl methyl sites for hydroxylation is 1. The van der Waals surface area contributed by atoms with Crippen LogP contribution in [0.5, 0.6) is 0 Å². The van der Waals surface area contributed by atoms with Crippen LogP contribution in [0.4, 0.5) is 0 Å². The van der Waals surface area contributed by atoms with E-state index in [4.69, 9.17) is 4.52 Å². The van der Waals surface area contributed by atoms with E-state index in [1.165, 1.54) is 6.20 Å². The molecule has 0 fully saturated rings. The minimum Gasteiger partial charge on any atom is -0.347 e. The van der Waals surface area contributed by atoms with Gasteiger partial charge in [0.15, 0.2) is 0 Å². The highest BCUT2D eigenvalue weighted by molar-refractivity contribution is 9.11. The summed E-state index contributed by atoms with van der Waals surface area (Å²) in [5.41, 5.74) is 1.62. The maximum absolute atomic E-state index is 11.8. The largest absolute Gasteiger partial charge is 0.347 e. The number of fused-ring (bicyclic) bond motifs is 1. The van der Waals surface area contributed by atoms with Crippen LogP contribution in [0.15, 0.2) is 27.8 Å². The predicted molar refractivity (Wildman–Crippen MR) is 66.9 cm³/mol. The van der Waals surface area contributed by atoms with Crippen molar-refractivity contribution in [2.75, 3.05) is 6.54 Å². The van der Waals surface area contributed by atoms with Crippen molar-refractivity contribution in [3.8, 4) is 0 Å². The third-order valence-corrected chi connectivity index (χ3v) is 2.49. The first-order valence-electron chi connectivity index (χ1n) is 4.91. The Morgan fingerprint density at radius 2 is 2.41 bits per heavy atom. The number of halogens is 1. The molecule has 2 rings (SSSR count). The summed E-state index contributed by atoms with van der Waals surface area (Å²) < 4.78 is 5.68. The average Bonchev–Trinajstić information content (AvgIpc) is 2.67. The number of hydrogen-bond acceptors (Lipinski definition) is 4. The van der Waals surface area contributed by atoms with Crippen LogP contribution in [0, 0.1) is 6.92 Å². The highest BCUT2D eigenvalue weighted by atomic mass is 79.9. The first-order chi connectivity index (χ1) is 8.08. The van der Waals surface area contributed by atoms with Gasteiger partial charge in [0.1, 0.15) is 0 Å². The summed E-state index contributed by atoms with van der Waals surface area (Å²) in [6, 6.07) is 1.71. The third kappa shape index (κ3) is 2.52. The number of pyridine rings is 1. The van der Waals surface area contributed by atoms with E-state index in [0.717, 1.165) is 5.39 Å². The molecule has 2 aromatic rings. The maximum Gasteiger partial charge on any atom is 0.257 e. The van der Waals surface area contributed by atoms with Crippen LogP contribution in [0.3, 0.4) is 0 Å². The van der Waals surface area contributed by atoms with E-state index in [1.807, 2.05) is 0 Å². The summed E-state index contributed by atoms with van der Waals surface area (Å²) in [5.74, 6) is -0.208. The zero-order chi connectivity index (χ0) is 12.4. The van der Waals surface area contributed by atoms with Gasteiger partial charge in [0.2, 0.25) is 0 Å². The fraction of sp³-hybridized carbons (Fsp3) is 0.182. The van der Waals surface area contributed by atoms with Crippen LogP contribution in [-0.4, -0.2) is 22.6 Å². The minimum absolute atomic E-state index is 0.208. The second kappa shape index (κ2) is 4.67. The number of carbonyl (C=O) groups is 1. The first kappa shape index (κ1) is 11.8. The minimum atomic E-state index is -0.208. The number of nitrogens with one attached hydrogen (secondary N) is 1. The summed E-state index contributed by atoms with van der Waals surface area (Å²) >= 11 is 3.17. The summed E-state index contributed by atoms with van der Waals surface area (Å²) in [6.45, 7) is 5.81. The lowest BCUT2D eigenvalue weighted by atomic mass is 10.2. The highest BCUT2D eigenvalue weighted by Crippen LogP contribution is 2.16. The van der Waals surface area contributed by atoms with Gasteiger partial charge in [0.25, 0.3) is 11.6 Å². The van der Waals surface area contributed by atoms with Crippen molar-refractivity contribution in [2.45, 2.75) is 6.92 Å². The fourth-order valence-corrected chi connectivity index (χ4v) is 1.49. The molecule has 1 N–H and O–H groups in total. The van der Waals surface area contributed by atoms with E-state index < -0.39 is 0 Å². The van der Waals surface area contributed by atoms with E-state index in [0.29, 0.717) is 28.0 Å². The molecule has 0 radical (unpaired) electrons. The average molecular weight is 296 g/mol. The van der Waals surface area contributed by atoms with Gasteiger partial charge in [0, 0.05) is 17.2 Å². The molecule has 88 valence electrons. The van der Waals surface area contributed by atoms with Crippen LogP contribution < -0.4 is 5.32 Å². The second-order valence-corrected chi connectivity index (χ2v) is 4.67. The molecule has 6 heteroatoms. The molecule has 0 saturated carbocycles. The standard InChI is InChI=1S/C11H10BrN3O2/c1-6(12)4-13-10(16)8-3-9-7(2)15-17-11(9)14-5-8/h3,5H,1,4H2,2H3,(H,13,16). The molecular formula is C11H10BrN3O2. The Morgan fingerprint density at radius 3 is 3.12 bits per heavy atom. The molecule has 0 aromatic carbocycles. The van der Waals surface area contributed by atoms with Gasteiger partial charge in [-0.1, -0.05) is 27.7 Å². The number of carbonyl (C=O) groups excluding carboxylic acids is 1. The van der Waals surface area contributed by atoms with Crippen LogP contribution >= 0.6 is 15.9 Å². The number of amides is 1. The van der Waals surface area contributed by atoms with Crippen LogP contribution in [0.2, 0.25) is 0 Å². The summed E-state index contributed by atoms with van der Waals surface area (Å²) in [4.78, 5) is 15.8. The van der Waals surface area contributed by atoms with Gasteiger partial charge in [-0.25, -0.2) is 4.98 Å². The van der Waals surface area contributed by atoms with Crippen molar-refractivity contribution in [1.29, 1.82) is 0 Å². The molecule has 0 aliphatic heterocycles. The van der Waals surface area contributed by atoms with Crippen LogP contribution in [-0.2, 0) is 0 Å². The Balaban J connectivity index is 2.26. The van der Waals surface area contributed by atoms with Crippen molar-refractivity contribution in [1.82, 2.24) is 15.5 Å². The van der Waals surface area contributed by atoms with Crippen molar-refractivity contribution in [3.63, 3.8) is 0 Å². The van der Waals surface area contributed by atoms with Crippen molar-refractivity contribution in [2.24, 2.45) is 0 Å². The summed E-state index contributed by atoms with van der Waals surface area (Å²) in [6.07, 6.45) is 1.46. The summed E-state index contributed by atoms with van der Waals surface area (Å²) in [5, 5.41) is 7.22. The Morgan fingerprint density at radius 1 is 1.65 bits per heavy atom. The van der Waals surface area contributed by atoms with E-state index in [1.54, 1.807) is 13.0 Å². The quantitative estimate of drug-likeness (QED) is 0.942. The molecule has 0 atom stereocenters. The van der Waals surface area contributed by atoms with Crippen molar-refractivity contribution >= 4 is 32.9 Å². The Kier molecular flexibility index (Phi) is 3.23. The van der Waals surface area contributed by atoms with E-state index in [-0.39, 0.29) is 5.91 Å². The van der Waals surface area contributed by atoms with Gasteiger partial charge in [-0.2, -0.15) is 0 Å². The lowest BCUT2D eigenvalue weighted by Gasteiger charge is -2.03. The molecule has 0 saturated heterocycles. The lowest BCUT2D eigenvalue weighted by molar-refractivity contribution is 0.0957. The van der Waals surface area contributed by atoms with Gasteiger partial charge >= 0.3 is 0 Å². The van der Waals surface area contributed by atoms with Crippen molar-refractivity contribution in [3.05, 3.63) is 34.6 Å². The Bertz CT molecular complexity index is 591. The normalized spacial score (nSPS) is 10.5. The molecule has 0 unspecified atom stereocenters. The van der Waals surface area contributed by atoms with Gasteiger partial charge in [-0.05, 0) is 13.0 Å². The van der Waals surface area contributed by atoms with E-state index >= 15 is 0 Å². The van der Waals surface area contributed by atoms with E-state index in [9.17, 15) is 4.79 Å². The zero-order valence-electron chi connectivity index (χ0n) is 9.16. The molecular weight excluding hydrogens is 286 g/mol. The topological polar surface area (TPSA) is 68.0 Å². The number of aromatic nitrogens is 2. The Hall–Kier alpha value is -1.69. The molecule has 0 bridgehead atoms. The second-order valence-electron chi connectivity index (χ2n) is 3.54. The van der Waals surface area contributed by atoms with Gasteiger partial charge in [-0.15, -0.1) is 0 Å². The molecule has 0 spiro atoms. The monoisotopic (exact) mass is 295 g/mol. The molecule has 0 aliphatic rings. The van der Waals surface area contributed by atoms with Crippen LogP contribution in [0.1, 0.15) is 16.1 Å². The number of rotatable bonds is 3. The Labute approximate surface area is 106 Å². The number of nitrogens with zero attached hydrogens (tertiary/aromatic N) is 2.